The van der Waals surface area contributed by atoms with Gasteiger partial charge in [-0.1, -0.05) is 65.7 Å². The van der Waals surface area contributed by atoms with E-state index in [0.29, 0.717) is 5.56 Å². The molecule has 0 aliphatic carbocycles. The van der Waals surface area contributed by atoms with Crippen LogP contribution in [0.1, 0.15) is 95.3 Å². The molecule has 1 aromatic carbocycles. The van der Waals surface area contributed by atoms with Crippen LogP contribution in [0.25, 0.3) is 0 Å². The molecule has 152 valence electrons. The highest BCUT2D eigenvalue weighted by Gasteiger charge is 2.16. The van der Waals surface area contributed by atoms with E-state index in [9.17, 15) is 9.59 Å². The van der Waals surface area contributed by atoms with E-state index >= 15 is 0 Å². The zero-order valence-corrected chi connectivity index (χ0v) is 17.5. The molecular weight excluding hydrogens is 336 g/mol. The van der Waals surface area contributed by atoms with Crippen LogP contribution in [0.4, 0.5) is 5.69 Å². The Morgan fingerprint density at radius 3 is 2.11 bits per heavy atom. The van der Waals surface area contributed by atoms with E-state index < -0.39 is 0 Å². The SMILES string of the molecule is CCCCCCCCNC(=O)c1ccc(NC(=O)C(CC)CCCC)cc1. The molecule has 1 aromatic rings. The lowest BCUT2D eigenvalue weighted by atomic mass is 9.98. The summed E-state index contributed by atoms with van der Waals surface area (Å²) in [7, 11) is 0. The number of hydrogen-bond acceptors (Lipinski definition) is 2. The van der Waals surface area contributed by atoms with Crippen molar-refractivity contribution in [3.8, 4) is 0 Å². The fourth-order valence-electron chi connectivity index (χ4n) is 3.13. The molecule has 4 nitrogen and oxygen atoms in total. The minimum atomic E-state index is -0.0455. The minimum absolute atomic E-state index is 0.0455. The molecule has 2 N–H and O–H groups in total. The van der Waals surface area contributed by atoms with Gasteiger partial charge in [0.1, 0.15) is 0 Å². The number of rotatable bonds is 14. The molecule has 1 atom stereocenters. The average molecular weight is 375 g/mol. The molecule has 0 aliphatic rings. The van der Waals surface area contributed by atoms with E-state index in [-0.39, 0.29) is 17.7 Å². The van der Waals surface area contributed by atoms with Crippen molar-refractivity contribution in [2.24, 2.45) is 5.92 Å². The van der Waals surface area contributed by atoms with Gasteiger partial charge in [0.2, 0.25) is 5.91 Å². The predicted molar refractivity (Wildman–Crippen MR) is 114 cm³/mol. The van der Waals surface area contributed by atoms with Crippen LogP contribution in [0.5, 0.6) is 0 Å². The van der Waals surface area contributed by atoms with E-state index in [4.69, 9.17) is 0 Å². The number of anilines is 1. The Morgan fingerprint density at radius 2 is 1.48 bits per heavy atom. The fraction of sp³-hybridized carbons (Fsp3) is 0.652. The molecule has 1 rings (SSSR count). The highest BCUT2D eigenvalue weighted by atomic mass is 16.2. The van der Waals surface area contributed by atoms with Crippen molar-refractivity contribution in [2.75, 3.05) is 11.9 Å². The second kappa shape index (κ2) is 14.2. The molecule has 4 heteroatoms. The van der Waals surface area contributed by atoms with E-state index in [1.165, 1.54) is 32.1 Å². The molecule has 2 amide bonds. The third-order valence-corrected chi connectivity index (χ3v) is 5.00. The summed E-state index contributed by atoms with van der Waals surface area (Å²) in [5.74, 6) is 0.0901. The second-order valence-corrected chi connectivity index (χ2v) is 7.34. The van der Waals surface area contributed by atoms with Crippen LogP contribution in [0.2, 0.25) is 0 Å². The smallest absolute Gasteiger partial charge is 0.251 e. The molecule has 0 fully saturated rings. The summed E-state index contributed by atoms with van der Waals surface area (Å²) >= 11 is 0. The van der Waals surface area contributed by atoms with Gasteiger partial charge in [-0.25, -0.2) is 0 Å². The average Bonchev–Trinajstić information content (AvgIpc) is 2.68. The minimum Gasteiger partial charge on any atom is -0.352 e. The summed E-state index contributed by atoms with van der Waals surface area (Å²) < 4.78 is 0. The van der Waals surface area contributed by atoms with Gasteiger partial charge in [0.05, 0.1) is 0 Å². The maximum absolute atomic E-state index is 12.3. The van der Waals surface area contributed by atoms with Crippen molar-refractivity contribution in [3.63, 3.8) is 0 Å². The Labute approximate surface area is 165 Å². The van der Waals surface area contributed by atoms with Gasteiger partial charge in [0.25, 0.3) is 5.91 Å². The first-order valence-corrected chi connectivity index (χ1v) is 10.8. The highest BCUT2D eigenvalue weighted by Crippen LogP contribution is 2.17. The van der Waals surface area contributed by atoms with Gasteiger partial charge in [0.15, 0.2) is 0 Å². The van der Waals surface area contributed by atoms with E-state index in [1.54, 1.807) is 12.1 Å². The topological polar surface area (TPSA) is 58.2 Å². The van der Waals surface area contributed by atoms with Gasteiger partial charge < -0.3 is 10.6 Å². The number of benzene rings is 1. The summed E-state index contributed by atoms with van der Waals surface area (Å²) in [5, 5.41) is 5.95. The van der Waals surface area contributed by atoms with Gasteiger partial charge in [0, 0.05) is 23.7 Å². The van der Waals surface area contributed by atoms with Crippen molar-refractivity contribution in [2.45, 2.75) is 85.0 Å². The van der Waals surface area contributed by atoms with Crippen LogP contribution in [0, 0.1) is 5.92 Å². The molecular formula is C23H38N2O2. The Bertz CT molecular complexity index is 540. The summed E-state index contributed by atoms with van der Waals surface area (Å²) in [6.07, 6.45) is 11.2. The number of amides is 2. The molecule has 0 heterocycles. The normalized spacial score (nSPS) is 11.8. The largest absolute Gasteiger partial charge is 0.352 e. The number of carbonyl (C=O) groups is 2. The Morgan fingerprint density at radius 1 is 0.852 bits per heavy atom. The quantitative estimate of drug-likeness (QED) is 0.396. The molecule has 0 saturated heterocycles. The van der Waals surface area contributed by atoms with Crippen LogP contribution in [-0.4, -0.2) is 18.4 Å². The van der Waals surface area contributed by atoms with Crippen molar-refractivity contribution < 1.29 is 9.59 Å². The highest BCUT2D eigenvalue weighted by molar-refractivity contribution is 5.96. The summed E-state index contributed by atoms with van der Waals surface area (Å²) in [4.78, 5) is 24.5. The molecule has 0 aromatic heterocycles. The van der Waals surface area contributed by atoms with Crippen molar-refractivity contribution >= 4 is 17.5 Å². The van der Waals surface area contributed by atoms with Gasteiger partial charge in [-0.15, -0.1) is 0 Å². The van der Waals surface area contributed by atoms with Crippen LogP contribution in [-0.2, 0) is 4.79 Å². The summed E-state index contributed by atoms with van der Waals surface area (Å²) in [5.41, 5.74) is 1.39. The second-order valence-electron chi connectivity index (χ2n) is 7.34. The fourth-order valence-corrected chi connectivity index (χ4v) is 3.13. The predicted octanol–water partition coefficient (Wildman–Crippen LogP) is 5.93. The molecule has 0 bridgehead atoms. The lowest BCUT2D eigenvalue weighted by Gasteiger charge is -2.14. The number of unbranched alkanes of at least 4 members (excludes halogenated alkanes) is 6. The van der Waals surface area contributed by atoms with Crippen LogP contribution >= 0.6 is 0 Å². The van der Waals surface area contributed by atoms with Gasteiger partial charge >= 0.3 is 0 Å². The molecule has 27 heavy (non-hydrogen) atoms. The third kappa shape index (κ3) is 9.60. The van der Waals surface area contributed by atoms with Gasteiger partial charge in [-0.2, -0.15) is 0 Å². The van der Waals surface area contributed by atoms with E-state index in [1.807, 2.05) is 12.1 Å². The third-order valence-electron chi connectivity index (χ3n) is 5.00. The van der Waals surface area contributed by atoms with Crippen molar-refractivity contribution in [3.05, 3.63) is 29.8 Å². The first-order valence-electron chi connectivity index (χ1n) is 10.8. The van der Waals surface area contributed by atoms with Crippen molar-refractivity contribution in [1.82, 2.24) is 5.32 Å². The number of nitrogens with one attached hydrogen (secondary N) is 2. The van der Waals surface area contributed by atoms with E-state index in [0.717, 1.165) is 44.3 Å². The Kier molecular flexibility index (Phi) is 12.2. The lowest BCUT2D eigenvalue weighted by molar-refractivity contribution is -0.120. The molecule has 0 aliphatic heterocycles. The maximum atomic E-state index is 12.3. The van der Waals surface area contributed by atoms with Crippen LogP contribution in [0.3, 0.4) is 0 Å². The molecule has 0 spiro atoms. The standard InChI is InChI=1S/C23H38N2O2/c1-4-7-9-10-11-12-18-24-22(26)20-14-16-21(17-15-20)25-23(27)19(6-3)13-8-5-2/h14-17,19H,4-13,18H2,1-3H3,(H,24,26)(H,25,27). The van der Waals surface area contributed by atoms with Crippen molar-refractivity contribution in [1.29, 1.82) is 0 Å². The number of hydrogen-bond donors (Lipinski definition) is 2. The van der Waals surface area contributed by atoms with Gasteiger partial charge in [-0.3, -0.25) is 9.59 Å². The first-order chi connectivity index (χ1) is 13.1. The zero-order chi connectivity index (χ0) is 19.9. The molecule has 0 radical (unpaired) electrons. The monoisotopic (exact) mass is 374 g/mol. The maximum Gasteiger partial charge on any atom is 0.251 e. The summed E-state index contributed by atoms with van der Waals surface area (Å²) in [6.45, 7) is 7.13. The van der Waals surface area contributed by atoms with E-state index in [2.05, 4.69) is 31.4 Å². The number of carbonyl (C=O) groups excluding carboxylic acids is 2. The molecule has 1 unspecified atom stereocenters. The van der Waals surface area contributed by atoms with Crippen LogP contribution < -0.4 is 10.6 Å². The zero-order valence-electron chi connectivity index (χ0n) is 17.5. The van der Waals surface area contributed by atoms with Gasteiger partial charge in [-0.05, 0) is 43.5 Å². The molecule has 0 saturated carbocycles. The Hall–Kier alpha value is -1.84. The first kappa shape index (κ1) is 23.2. The lowest BCUT2D eigenvalue weighted by Crippen LogP contribution is -2.24. The summed E-state index contributed by atoms with van der Waals surface area (Å²) in [6, 6.07) is 7.17. The Balaban J connectivity index is 2.37. The van der Waals surface area contributed by atoms with Crippen LogP contribution in [0.15, 0.2) is 24.3 Å².